The van der Waals surface area contributed by atoms with Crippen molar-refractivity contribution in [3.8, 4) is 0 Å². The zero-order valence-corrected chi connectivity index (χ0v) is 47.1. The number of hydrogen-bond donors (Lipinski definition) is 0. The topological polar surface area (TPSA) is 162 Å². The Hall–Kier alpha value is -8.02. The maximum atomic E-state index is 13.1. The average molecular weight is 1080 g/mol. The smallest absolute Gasteiger partial charge is 0.657 e. The van der Waals surface area contributed by atoms with Gasteiger partial charge in [-0.2, -0.15) is 0 Å². The fourth-order valence-corrected chi connectivity index (χ4v) is 8.93. The fourth-order valence-electron chi connectivity index (χ4n) is 8.93. The molecule has 13 heteroatoms. The summed E-state index contributed by atoms with van der Waals surface area (Å²) in [6.45, 7) is 9.55. The summed E-state index contributed by atoms with van der Waals surface area (Å²) in [5.41, 5.74) is 11.4. The molecule has 0 saturated carbocycles. The van der Waals surface area contributed by atoms with Crippen LogP contribution in [-0.4, -0.2) is 61.5 Å². The Morgan fingerprint density at radius 3 is 1.14 bits per heavy atom. The van der Waals surface area contributed by atoms with Crippen molar-refractivity contribution in [2.24, 2.45) is 15.0 Å². The Morgan fingerprint density at radius 2 is 0.753 bits per heavy atom. The number of ether oxygens (including phenoxy) is 4. The fraction of sp³-hybridized carbons (Fsp3) is 0.250. The van der Waals surface area contributed by atoms with Gasteiger partial charge in [0.2, 0.25) is 0 Å². The van der Waals surface area contributed by atoms with E-state index in [2.05, 4.69) is 0 Å². The molecule has 4 aliphatic rings. The van der Waals surface area contributed by atoms with E-state index in [9.17, 15) is 19.5 Å². The van der Waals surface area contributed by atoms with E-state index < -0.39 is 23.9 Å². The second-order valence-corrected chi connectivity index (χ2v) is 18.6. The zero-order valence-electron chi connectivity index (χ0n) is 44.1. The van der Waals surface area contributed by atoms with Gasteiger partial charge in [-0.05, 0) is 143 Å². The molecule has 4 aromatic carbocycles. The monoisotopic (exact) mass is 1080 g/mol. The Kier molecular flexibility index (Phi) is 18.8. The summed E-state index contributed by atoms with van der Waals surface area (Å²) in [7, 11) is 0. The molecule has 9 rings (SSSR count). The number of benzene rings is 4. The van der Waals surface area contributed by atoms with Crippen LogP contribution in [0.15, 0.2) is 178 Å². The molecule has 0 spiro atoms. The molecule has 12 nitrogen and oxygen atoms in total. The van der Waals surface area contributed by atoms with Crippen molar-refractivity contribution in [2.75, 3.05) is 26.4 Å². The minimum atomic E-state index is -0.396. The summed E-state index contributed by atoms with van der Waals surface area (Å²) in [5.74, 6) is -1.58. The molecule has 386 valence electrons. The predicted octanol–water partition coefficient (Wildman–Crippen LogP) is 10.6. The number of unbranched alkanes of at least 4 members (excludes halogenated alkanes) is 4. The molecule has 5 heterocycles. The van der Waals surface area contributed by atoms with Crippen LogP contribution >= 0.6 is 0 Å². The van der Waals surface area contributed by atoms with Crippen LogP contribution in [0.25, 0.3) is 28.2 Å². The van der Waals surface area contributed by atoms with Crippen LogP contribution in [0.3, 0.4) is 0 Å². The zero-order chi connectivity index (χ0) is 53.0. The van der Waals surface area contributed by atoms with Gasteiger partial charge in [-0.1, -0.05) is 126 Å². The van der Waals surface area contributed by atoms with Gasteiger partial charge in [-0.3, -0.25) is 0 Å². The standard InChI is InChI=1S/C64H62N4O8.Zn/c1-5-9-37-73-61(69)45-21-13-41(14-22-45)57-49-29-31-51(65-49)58(42-15-23-46(24-16-42)62(70)74-38-10-6-2)53-33-35-55(67-53)60(44-19-27-48(28-20-44)64(72)76-40-12-8-4)56-36-34-54(68-56)59(52-32-30-50(57)66-52)43-17-25-47(26-18-43)63(71)75-39-11-7-3;/h13-36H,5-12,37-40H2,1-4H3,(H2,65,66,67,68,69,70,71,72);/q;+2/p-2. The SMILES string of the molecule is CCCCOC(=O)c1ccc(C2=C3C=CC(=N3)C(c3ccc(C(=O)OCCCC)cc3)=C3C=CC(=N3)C(=c3ccc(=C([O-])OCCCC)cc3)c3ccc([n-]3)C(c3ccc(C(=O)OCCCC)cc3)=C3C=CC2=N3)cc1.[Zn+2]. The molecule has 5 aromatic rings. The number of allylic oxidation sites excluding steroid dienone is 8. The number of hydrogen-bond acceptors (Lipinski definition) is 11. The third kappa shape index (κ3) is 12.8. The molecular formula is C64H60N4O8Zn. The minimum absolute atomic E-state index is 0. The third-order valence-electron chi connectivity index (χ3n) is 13.2. The first-order chi connectivity index (χ1) is 37.2. The Morgan fingerprint density at radius 1 is 0.416 bits per heavy atom. The Balaban J connectivity index is 0.00000784. The molecule has 0 atom stereocenters. The molecule has 0 unspecified atom stereocenters. The summed E-state index contributed by atoms with van der Waals surface area (Å²) in [4.78, 5) is 60.7. The van der Waals surface area contributed by atoms with E-state index in [4.69, 9.17) is 38.9 Å². The van der Waals surface area contributed by atoms with Crippen molar-refractivity contribution in [2.45, 2.75) is 79.1 Å². The third-order valence-corrected chi connectivity index (χ3v) is 13.2. The molecular weight excluding hydrogens is 1020 g/mol. The molecule has 0 saturated heterocycles. The first-order valence-corrected chi connectivity index (χ1v) is 26.3. The molecule has 0 N–H and O–H groups in total. The molecule has 8 bridgehead atoms. The van der Waals surface area contributed by atoms with E-state index in [1.807, 2.05) is 125 Å². The van der Waals surface area contributed by atoms with Crippen molar-refractivity contribution in [3.63, 3.8) is 0 Å². The van der Waals surface area contributed by atoms with E-state index in [1.54, 1.807) is 48.5 Å². The van der Waals surface area contributed by atoms with E-state index in [0.717, 1.165) is 73.3 Å². The van der Waals surface area contributed by atoms with Crippen LogP contribution in [0.4, 0.5) is 0 Å². The van der Waals surface area contributed by atoms with Gasteiger partial charge in [0, 0.05) is 11.1 Å². The summed E-state index contributed by atoms with van der Waals surface area (Å²) >= 11 is 0. The minimum Gasteiger partial charge on any atom is -0.657 e. The second kappa shape index (κ2) is 26.2. The molecule has 1 aromatic heterocycles. The maximum Gasteiger partial charge on any atom is 2.00 e. The number of carbonyl (C=O) groups is 3. The average Bonchev–Trinajstić information content (AvgIpc) is 4.35. The van der Waals surface area contributed by atoms with Crippen LogP contribution in [0, 0.1) is 0 Å². The van der Waals surface area contributed by atoms with Gasteiger partial charge in [0.15, 0.2) is 0 Å². The Labute approximate surface area is 462 Å². The van der Waals surface area contributed by atoms with Crippen LogP contribution in [0.1, 0.15) is 138 Å². The largest absolute Gasteiger partial charge is 2.00 e. The van der Waals surface area contributed by atoms with Crippen molar-refractivity contribution in [3.05, 3.63) is 218 Å². The number of esters is 3. The van der Waals surface area contributed by atoms with Gasteiger partial charge < -0.3 is 29.0 Å². The predicted molar refractivity (Wildman–Crippen MR) is 297 cm³/mol. The summed E-state index contributed by atoms with van der Waals surface area (Å²) in [6.07, 6.45) is 18.4. The first-order valence-electron chi connectivity index (χ1n) is 26.3. The van der Waals surface area contributed by atoms with E-state index in [0.29, 0.717) is 116 Å². The molecule has 4 aliphatic heterocycles. The maximum absolute atomic E-state index is 13.1. The van der Waals surface area contributed by atoms with E-state index >= 15 is 0 Å². The van der Waals surface area contributed by atoms with Crippen molar-refractivity contribution in [1.29, 1.82) is 0 Å². The number of carbonyl (C=O) groups excluding carboxylic acids is 3. The molecule has 77 heavy (non-hydrogen) atoms. The van der Waals surface area contributed by atoms with E-state index in [1.165, 1.54) is 0 Å². The molecule has 0 radical (unpaired) electrons. The van der Waals surface area contributed by atoms with Crippen molar-refractivity contribution >= 4 is 63.3 Å². The van der Waals surface area contributed by atoms with Crippen LogP contribution in [0.5, 0.6) is 0 Å². The molecule has 0 amide bonds. The van der Waals surface area contributed by atoms with Gasteiger partial charge in [-0.25, -0.2) is 29.4 Å². The normalized spacial score (nSPS) is 14.3. The number of aliphatic imine (C=N–C) groups is 3. The van der Waals surface area contributed by atoms with Crippen LogP contribution < -0.4 is 20.5 Å². The van der Waals surface area contributed by atoms with Gasteiger partial charge >= 0.3 is 37.4 Å². The van der Waals surface area contributed by atoms with Crippen molar-refractivity contribution < 1.29 is 57.9 Å². The summed E-state index contributed by atoms with van der Waals surface area (Å²) in [6, 6.07) is 33.0. The van der Waals surface area contributed by atoms with Crippen LogP contribution in [0.2, 0.25) is 0 Å². The summed E-state index contributed by atoms with van der Waals surface area (Å²) < 4.78 is 22.2. The van der Waals surface area contributed by atoms with Crippen LogP contribution in [-0.2, 0) is 38.4 Å². The number of aromatic nitrogens is 1. The van der Waals surface area contributed by atoms with Gasteiger partial charge in [0.25, 0.3) is 0 Å². The molecule has 0 fully saturated rings. The summed E-state index contributed by atoms with van der Waals surface area (Å²) in [5, 5.41) is 14.3. The van der Waals surface area contributed by atoms with Crippen molar-refractivity contribution in [1.82, 2.24) is 4.98 Å². The number of rotatable bonds is 19. The first kappa shape index (κ1) is 55.2. The number of nitrogens with zero attached hydrogens (tertiary/aromatic N) is 4. The quantitative estimate of drug-likeness (QED) is 0.0339. The van der Waals surface area contributed by atoms with Gasteiger partial charge in [0.1, 0.15) is 0 Å². The van der Waals surface area contributed by atoms with E-state index in [-0.39, 0.29) is 19.5 Å². The number of fused-ring (bicyclic) bond motifs is 5. The Bertz CT molecular complexity index is 3430. The second-order valence-electron chi connectivity index (χ2n) is 18.6. The molecule has 0 aliphatic carbocycles. The van der Waals surface area contributed by atoms with Gasteiger partial charge in [-0.15, -0.1) is 11.4 Å². The van der Waals surface area contributed by atoms with Gasteiger partial charge in [0.05, 0.1) is 76.7 Å².